The van der Waals surface area contributed by atoms with Crippen molar-refractivity contribution < 1.29 is 13.2 Å². The molecule has 0 saturated heterocycles. The van der Waals surface area contributed by atoms with E-state index in [1.807, 2.05) is 0 Å². The van der Waals surface area contributed by atoms with Crippen LogP contribution < -0.4 is 10.5 Å². The van der Waals surface area contributed by atoms with E-state index in [0.717, 1.165) is 6.26 Å². The van der Waals surface area contributed by atoms with Gasteiger partial charge in [0.05, 0.1) is 7.11 Å². The Morgan fingerprint density at radius 1 is 1.43 bits per heavy atom. The van der Waals surface area contributed by atoms with Crippen LogP contribution in [0.4, 0.5) is 5.69 Å². The number of ether oxygens (including phenoxy) is 1. The summed E-state index contributed by atoms with van der Waals surface area (Å²) in [5.41, 5.74) is 6.03. The maximum absolute atomic E-state index is 11.3. The lowest BCUT2D eigenvalue weighted by Gasteiger charge is -2.08. The molecular formula is C8H10BrNO3S. The second-order valence-electron chi connectivity index (χ2n) is 2.80. The zero-order chi connectivity index (χ0) is 10.9. The fourth-order valence-electron chi connectivity index (χ4n) is 1.00. The zero-order valence-electron chi connectivity index (χ0n) is 7.74. The molecule has 6 heteroatoms. The molecule has 1 aromatic carbocycles. The van der Waals surface area contributed by atoms with Gasteiger partial charge >= 0.3 is 0 Å². The smallest absolute Gasteiger partial charge is 0.179 e. The van der Waals surface area contributed by atoms with Crippen LogP contribution in [0.3, 0.4) is 0 Å². The molecule has 0 unspecified atom stereocenters. The van der Waals surface area contributed by atoms with Crippen molar-refractivity contribution in [2.75, 3.05) is 19.1 Å². The summed E-state index contributed by atoms with van der Waals surface area (Å²) in [6, 6.07) is 2.91. The number of halogens is 1. The Morgan fingerprint density at radius 2 is 2.00 bits per heavy atom. The van der Waals surface area contributed by atoms with Gasteiger partial charge in [0.15, 0.2) is 9.84 Å². The molecule has 1 rings (SSSR count). The summed E-state index contributed by atoms with van der Waals surface area (Å²) in [7, 11) is -1.90. The average molecular weight is 280 g/mol. The normalized spacial score (nSPS) is 11.4. The van der Waals surface area contributed by atoms with Crippen molar-refractivity contribution >= 4 is 31.5 Å². The van der Waals surface area contributed by atoms with Crippen molar-refractivity contribution in [3.05, 3.63) is 16.6 Å². The van der Waals surface area contributed by atoms with Gasteiger partial charge in [0.25, 0.3) is 0 Å². The van der Waals surface area contributed by atoms with Gasteiger partial charge in [0, 0.05) is 22.5 Å². The Kier molecular flexibility index (Phi) is 3.06. The molecule has 0 aliphatic heterocycles. The summed E-state index contributed by atoms with van der Waals surface area (Å²) in [4.78, 5) is 0.126. The number of hydrogen-bond donors (Lipinski definition) is 1. The largest absolute Gasteiger partial charge is 0.495 e. The highest BCUT2D eigenvalue weighted by Gasteiger charge is 2.16. The van der Waals surface area contributed by atoms with Crippen LogP contribution in [0, 0.1) is 0 Å². The van der Waals surface area contributed by atoms with Crippen LogP contribution in [0.1, 0.15) is 0 Å². The van der Waals surface area contributed by atoms with Crippen LogP contribution in [0.5, 0.6) is 5.75 Å². The predicted molar refractivity (Wildman–Crippen MR) is 58.2 cm³/mol. The average Bonchev–Trinajstić information content (AvgIpc) is 2.07. The first-order valence-corrected chi connectivity index (χ1v) is 6.37. The van der Waals surface area contributed by atoms with Crippen molar-refractivity contribution in [2.24, 2.45) is 0 Å². The molecule has 0 atom stereocenters. The molecule has 0 aliphatic carbocycles. The van der Waals surface area contributed by atoms with Crippen molar-refractivity contribution in [1.82, 2.24) is 0 Å². The number of sulfone groups is 1. The summed E-state index contributed by atoms with van der Waals surface area (Å²) in [5, 5.41) is 0. The summed E-state index contributed by atoms with van der Waals surface area (Å²) < 4.78 is 28.1. The number of benzene rings is 1. The number of anilines is 1. The molecular weight excluding hydrogens is 270 g/mol. The van der Waals surface area contributed by atoms with E-state index in [1.54, 1.807) is 0 Å². The number of nitrogen functional groups attached to an aromatic ring is 1. The Labute approximate surface area is 91.1 Å². The van der Waals surface area contributed by atoms with Crippen molar-refractivity contribution in [1.29, 1.82) is 0 Å². The number of rotatable bonds is 2. The first-order valence-electron chi connectivity index (χ1n) is 3.69. The maximum atomic E-state index is 11.3. The van der Waals surface area contributed by atoms with Gasteiger partial charge in [-0.1, -0.05) is 0 Å². The molecule has 0 bridgehead atoms. The molecule has 0 spiro atoms. The monoisotopic (exact) mass is 279 g/mol. The minimum atomic E-state index is -3.30. The summed E-state index contributed by atoms with van der Waals surface area (Å²) in [6.45, 7) is 0. The van der Waals surface area contributed by atoms with Gasteiger partial charge in [-0.05, 0) is 22.0 Å². The van der Waals surface area contributed by atoms with E-state index in [1.165, 1.54) is 19.2 Å². The zero-order valence-corrected chi connectivity index (χ0v) is 10.1. The lowest BCUT2D eigenvalue weighted by molar-refractivity contribution is 0.403. The Bertz CT molecular complexity index is 456. The summed E-state index contributed by atoms with van der Waals surface area (Å²) >= 11 is 3.16. The van der Waals surface area contributed by atoms with E-state index in [0.29, 0.717) is 10.2 Å². The highest BCUT2D eigenvalue weighted by Crippen LogP contribution is 2.31. The molecule has 0 aromatic heterocycles. The number of methoxy groups -OCH3 is 1. The SMILES string of the molecule is COc1cc(N)c(Br)cc1S(C)(=O)=O. The standard InChI is InChI=1S/C8H10BrNO3S/c1-13-7-4-6(10)5(9)3-8(7)14(2,11)12/h3-4H,10H2,1-2H3. The van der Waals surface area contributed by atoms with Gasteiger partial charge in [-0.25, -0.2) is 8.42 Å². The van der Waals surface area contributed by atoms with Gasteiger partial charge in [-0.15, -0.1) is 0 Å². The molecule has 78 valence electrons. The van der Waals surface area contributed by atoms with Gasteiger partial charge < -0.3 is 10.5 Å². The van der Waals surface area contributed by atoms with Crippen LogP contribution in [-0.2, 0) is 9.84 Å². The van der Waals surface area contributed by atoms with E-state index in [2.05, 4.69) is 15.9 Å². The predicted octanol–water partition coefficient (Wildman–Crippen LogP) is 1.44. The van der Waals surface area contributed by atoms with Gasteiger partial charge in [-0.3, -0.25) is 0 Å². The quantitative estimate of drug-likeness (QED) is 0.832. The van der Waals surface area contributed by atoms with Crippen LogP contribution in [0.25, 0.3) is 0 Å². The molecule has 1 aromatic rings. The molecule has 0 saturated carbocycles. The van der Waals surface area contributed by atoms with Crippen molar-refractivity contribution in [3.63, 3.8) is 0 Å². The highest BCUT2D eigenvalue weighted by molar-refractivity contribution is 9.10. The van der Waals surface area contributed by atoms with E-state index in [4.69, 9.17) is 10.5 Å². The topological polar surface area (TPSA) is 69.4 Å². The molecule has 14 heavy (non-hydrogen) atoms. The molecule has 0 radical (unpaired) electrons. The Hall–Kier alpha value is -0.750. The molecule has 0 aliphatic rings. The first kappa shape index (κ1) is 11.3. The third kappa shape index (κ3) is 2.19. The van der Waals surface area contributed by atoms with E-state index in [-0.39, 0.29) is 10.6 Å². The fraction of sp³-hybridized carbons (Fsp3) is 0.250. The molecule has 2 N–H and O–H groups in total. The van der Waals surface area contributed by atoms with Crippen molar-refractivity contribution in [3.8, 4) is 5.75 Å². The third-order valence-electron chi connectivity index (χ3n) is 1.68. The second-order valence-corrected chi connectivity index (χ2v) is 5.64. The number of hydrogen-bond acceptors (Lipinski definition) is 4. The van der Waals surface area contributed by atoms with Crippen LogP contribution >= 0.6 is 15.9 Å². The minimum Gasteiger partial charge on any atom is -0.495 e. The molecule has 4 nitrogen and oxygen atoms in total. The van der Waals surface area contributed by atoms with Gasteiger partial charge in [0.1, 0.15) is 10.6 Å². The van der Waals surface area contributed by atoms with Crippen LogP contribution in [-0.4, -0.2) is 21.8 Å². The van der Waals surface area contributed by atoms with Crippen LogP contribution in [0.2, 0.25) is 0 Å². The Balaban J connectivity index is 3.51. The van der Waals surface area contributed by atoms with Crippen LogP contribution in [0.15, 0.2) is 21.5 Å². The van der Waals surface area contributed by atoms with E-state index in [9.17, 15) is 8.42 Å². The first-order chi connectivity index (χ1) is 6.36. The van der Waals surface area contributed by atoms with E-state index < -0.39 is 9.84 Å². The Morgan fingerprint density at radius 3 is 2.43 bits per heavy atom. The lowest BCUT2D eigenvalue weighted by atomic mass is 10.3. The second kappa shape index (κ2) is 3.78. The minimum absolute atomic E-state index is 0.126. The van der Waals surface area contributed by atoms with Gasteiger partial charge in [-0.2, -0.15) is 0 Å². The third-order valence-corrected chi connectivity index (χ3v) is 3.49. The fourth-order valence-corrected chi connectivity index (χ4v) is 2.33. The summed E-state index contributed by atoms with van der Waals surface area (Å²) in [5.74, 6) is 0.258. The molecule has 0 amide bonds. The molecule has 0 fully saturated rings. The van der Waals surface area contributed by atoms with Crippen molar-refractivity contribution in [2.45, 2.75) is 4.90 Å². The van der Waals surface area contributed by atoms with E-state index >= 15 is 0 Å². The highest BCUT2D eigenvalue weighted by atomic mass is 79.9. The van der Waals surface area contributed by atoms with Gasteiger partial charge in [0.2, 0.25) is 0 Å². The maximum Gasteiger partial charge on any atom is 0.179 e. The molecule has 0 heterocycles. The lowest BCUT2D eigenvalue weighted by Crippen LogP contribution is -2.02. The number of nitrogens with two attached hydrogens (primary N) is 1. The summed E-state index contributed by atoms with van der Waals surface area (Å²) in [6.07, 6.45) is 1.12.